The van der Waals surface area contributed by atoms with Gasteiger partial charge in [0.2, 0.25) is 23.6 Å². The Bertz CT molecular complexity index is 1910. The summed E-state index contributed by atoms with van der Waals surface area (Å²) in [4.78, 5) is 97.4. The summed E-state index contributed by atoms with van der Waals surface area (Å²) in [5, 5.41) is 29.4. The van der Waals surface area contributed by atoms with E-state index in [2.05, 4.69) is 16.0 Å². The number of nitrogens with one attached hydrogen (secondary N) is 3. The lowest BCUT2D eigenvalue weighted by atomic mass is 9.90. The number of methoxy groups -OCH3 is 2. The largest absolute Gasteiger partial charge is 0.480 e. The van der Waals surface area contributed by atoms with E-state index in [4.69, 9.17) is 9.47 Å². The van der Waals surface area contributed by atoms with Crippen LogP contribution in [0, 0.1) is 27.9 Å². The number of carbonyl (C=O) groups excluding carboxylic acids is 5. The van der Waals surface area contributed by atoms with Crippen molar-refractivity contribution < 1.29 is 48.3 Å². The van der Waals surface area contributed by atoms with Crippen molar-refractivity contribution in [3.05, 3.63) is 75.8 Å². The van der Waals surface area contributed by atoms with E-state index in [0.717, 1.165) is 0 Å². The first-order valence-corrected chi connectivity index (χ1v) is 23.2. The van der Waals surface area contributed by atoms with Crippen molar-refractivity contribution >= 4 is 63.8 Å². The third-order valence-electron chi connectivity index (χ3n) is 12.3. The summed E-state index contributed by atoms with van der Waals surface area (Å²) in [6.07, 6.45) is 0.125. The van der Waals surface area contributed by atoms with E-state index in [-0.39, 0.29) is 54.5 Å². The maximum absolute atomic E-state index is 14.3. The van der Waals surface area contributed by atoms with Gasteiger partial charge in [-0.3, -0.25) is 39.0 Å². The number of hydrogen-bond donors (Lipinski definition) is 4. The zero-order chi connectivity index (χ0) is 48.7. The molecule has 0 radical (unpaired) electrons. The van der Waals surface area contributed by atoms with Gasteiger partial charge in [0.05, 0.1) is 47.6 Å². The van der Waals surface area contributed by atoms with Crippen LogP contribution >= 0.6 is 22.6 Å². The van der Waals surface area contributed by atoms with Gasteiger partial charge in [0.15, 0.2) is 4.05 Å². The number of carbonyl (C=O) groups is 6. The topological polar surface area (TPSA) is 230 Å². The smallest absolute Gasteiger partial charge is 0.326 e. The second-order valence-corrected chi connectivity index (χ2v) is 18.6. The maximum Gasteiger partial charge on any atom is 0.326 e. The summed E-state index contributed by atoms with van der Waals surface area (Å²) in [6.45, 7) is 9.90. The van der Waals surface area contributed by atoms with Gasteiger partial charge in [-0.15, -0.1) is 0 Å². The van der Waals surface area contributed by atoms with E-state index in [1.165, 1.54) is 38.5 Å². The number of nitro groups is 1. The van der Waals surface area contributed by atoms with Gasteiger partial charge in [0, 0.05) is 52.8 Å². The Balaban J connectivity index is 1.80. The number of nitro benzene ring substituents is 1. The molecule has 1 aliphatic rings. The fraction of sp³-hybridized carbons (Fsp3) is 0.609. The minimum absolute atomic E-state index is 0.00795. The third-order valence-corrected chi connectivity index (χ3v) is 13.2. The first-order valence-electron chi connectivity index (χ1n) is 22.0. The van der Waals surface area contributed by atoms with E-state index >= 15 is 0 Å². The molecule has 5 amide bonds. The predicted octanol–water partition coefficient (Wildman–Crippen LogP) is 3.82. The molecule has 0 aliphatic carbocycles. The summed E-state index contributed by atoms with van der Waals surface area (Å²) < 4.78 is 11.1. The van der Waals surface area contributed by atoms with Crippen LogP contribution in [0.1, 0.15) is 71.4 Å². The van der Waals surface area contributed by atoms with Crippen LogP contribution in [-0.2, 0) is 51.1 Å². The highest BCUT2D eigenvalue weighted by Crippen LogP contribution is 2.30. The molecule has 1 fully saturated rings. The molecule has 1 heterocycles. The molecule has 4 N–H and O–H groups in total. The van der Waals surface area contributed by atoms with Crippen molar-refractivity contribution in [2.45, 2.75) is 120 Å². The Labute approximate surface area is 396 Å². The Kier molecular flexibility index (Phi) is 21.7. The number of ether oxygens (including phenoxy) is 2. The molecule has 2 aromatic rings. The highest BCUT2D eigenvalue weighted by molar-refractivity contribution is 14.1. The fourth-order valence-electron chi connectivity index (χ4n) is 8.71. The lowest BCUT2D eigenvalue weighted by Crippen LogP contribution is -2.57. The Morgan fingerprint density at radius 1 is 0.862 bits per heavy atom. The van der Waals surface area contributed by atoms with E-state index in [1.807, 2.05) is 69.3 Å². The van der Waals surface area contributed by atoms with Crippen LogP contribution in [0.25, 0.3) is 0 Å². The first-order chi connectivity index (χ1) is 30.7. The van der Waals surface area contributed by atoms with Gasteiger partial charge in [-0.1, -0.05) is 83.5 Å². The number of benzene rings is 2. The zero-order valence-electron chi connectivity index (χ0n) is 39.2. The summed E-state index contributed by atoms with van der Waals surface area (Å²) in [5.41, 5.74) is 0.989. The molecule has 0 spiro atoms. The quantitative estimate of drug-likeness (QED) is 0.0366. The molecule has 0 aromatic heterocycles. The number of likely N-dealkylation sites (tertiary alicyclic amines) is 1. The van der Waals surface area contributed by atoms with Crippen LogP contribution in [0.2, 0.25) is 0 Å². The summed E-state index contributed by atoms with van der Waals surface area (Å²) >= 11 is 1.93. The molecule has 2 aromatic carbocycles. The number of aliphatic carboxylic acids is 1. The average Bonchev–Trinajstić information content (AvgIpc) is 3.75. The molecule has 0 saturated carbocycles. The van der Waals surface area contributed by atoms with Crippen molar-refractivity contribution in [1.29, 1.82) is 0 Å². The van der Waals surface area contributed by atoms with Crippen LogP contribution in [0.3, 0.4) is 0 Å². The van der Waals surface area contributed by atoms with Crippen LogP contribution in [0.15, 0.2) is 54.6 Å². The second kappa shape index (κ2) is 25.8. The summed E-state index contributed by atoms with van der Waals surface area (Å²) in [5.74, 6) is -4.44. The molecule has 360 valence electrons. The highest BCUT2D eigenvalue weighted by Gasteiger charge is 2.43. The lowest BCUT2D eigenvalue weighted by Gasteiger charge is -2.40. The van der Waals surface area contributed by atoms with Crippen molar-refractivity contribution in [3.63, 3.8) is 0 Å². The predicted molar refractivity (Wildman–Crippen MR) is 253 cm³/mol. The van der Waals surface area contributed by atoms with Crippen LogP contribution < -0.4 is 16.0 Å². The molecule has 0 bridgehead atoms. The summed E-state index contributed by atoms with van der Waals surface area (Å²) in [7, 11) is 8.24. The molecule has 1 aliphatic heterocycles. The first kappa shape index (κ1) is 54.6. The number of carboxylic acids is 1. The van der Waals surface area contributed by atoms with Gasteiger partial charge in [0.1, 0.15) is 12.1 Å². The number of halogens is 1. The minimum Gasteiger partial charge on any atom is -0.480 e. The number of hydrogen-bond acceptors (Lipinski definition) is 11. The van der Waals surface area contributed by atoms with Crippen molar-refractivity contribution in [1.82, 2.24) is 30.7 Å². The van der Waals surface area contributed by atoms with E-state index in [1.54, 1.807) is 54.1 Å². The van der Waals surface area contributed by atoms with E-state index < -0.39 is 75.1 Å². The standard InChI is InChI=1S/C46H68IN7O11/c1-11-28(4)39(52(8)45(59)41(47)50-44(58)38(27(2)3)51(6)7)36(64-9)26-37(55)53-23-15-18-35(53)40(65-10)29(5)42(56)48-33(24-30-16-13-12-14-17-30)43(57)49-34(46(60)61)25-31-19-21-32(22-20-31)54(62)63/h12-14,16-17,19-22,27-29,33-36,38-41H,11,15,18,23-26H2,1-10H3,(H,48,56)(H,49,57)(H,50,58)(H,60,61)/t28-,29+,33-,34-,35-,36+,38-,39?,40+,41?/m0/s1. The SMILES string of the molecule is CC[C@H](C)C([C@@H](CC(=O)N1CCC[C@H]1[C@H](OC)[C@@H](C)C(=O)N[C@@H](Cc1ccccc1)C(=O)N[C@@H](Cc1ccc([N+](=O)[O-])cc1)C(=O)O)OC)N(C)C(=O)C(I)NC(=O)[C@H](C(C)C)N(C)C. The number of alkyl halides is 1. The number of rotatable bonds is 25. The highest BCUT2D eigenvalue weighted by atomic mass is 127. The van der Waals surface area contributed by atoms with Gasteiger partial charge >= 0.3 is 5.97 Å². The van der Waals surface area contributed by atoms with E-state index in [9.17, 15) is 44.0 Å². The van der Waals surface area contributed by atoms with Crippen LogP contribution in [0.5, 0.6) is 0 Å². The lowest BCUT2D eigenvalue weighted by molar-refractivity contribution is -0.384. The number of nitrogens with zero attached hydrogens (tertiary/aromatic N) is 4. The monoisotopic (exact) mass is 1020 g/mol. The number of amides is 5. The molecule has 1 saturated heterocycles. The molecule has 19 heteroatoms. The Morgan fingerprint density at radius 3 is 1.97 bits per heavy atom. The van der Waals surface area contributed by atoms with Gasteiger partial charge in [-0.2, -0.15) is 0 Å². The number of carboxylic acid groups (broad SMARTS) is 1. The number of non-ortho nitro benzene ring substituents is 1. The van der Waals surface area contributed by atoms with Gasteiger partial charge in [0.25, 0.3) is 11.6 Å². The van der Waals surface area contributed by atoms with E-state index in [0.29, 0.717) is 36.9 Å². The number of likely N-dealkylation sites (N-methyl/N-ethyl adjacent to an activating group) is 2. The molecule has 3 rings (SSSR count). The minimum atomic E-state index is -1.41. The summed E-state index contributed by atoms with van der Waals surface area (Å²) in [6, 6.07) is 10.2. The van der Waals surface area contributed by atoms with Gasteiger partial charge < -0.3 is 40.3 Å². The van der Waals surface area contributed by atoms with Crippen LogP contribution in [-0.4, -0.2) is 149 Å². The van der Waals surface area contributed by atoms with Crippen molar-refractivity contribution in [3.8, 4) is 0 Å². The third kappa shape index (κ3) is 15.2. The second-order valence-electron chi connectivity index (χ2n) is 17.4. The van der Waals surface area contributed by atoms with Crippen LogP contribution in [0.4, 0.5) is 5.69 Å². The fourth-order valence-corrected chi connectivity index (χ4v) is 9.46. The van der Waals surface area contributed by atoms with Crippen molar-refractivity contribution in [2.75, 3.05) is 41.9 Å². The zero-order valence-corrected chi connectivity index (χ0v) is 41.4. The molecular formula is C46H68IN7O11. The Morgan fingerprint density at radius 2 is 1.45 bits per heavy atom. The maximum atomic E-state index is 14.3. The average molecular weight is 1020 g/mol. The van der Waals surface area contributed by atoms with Crippen molar-refractivity contribution in [2.24, 2.45) is 17.8 Å². The molecule has 2 unspecified atom stereocenters. The van der Waals surface area contributed by atoms with Gasteiger partial charge in [-0.05, 0) is 72.5 Å². The molecular weight excluding hydrogens is 953 g/mol. The van der Waals surface area contributed by atoms with Gasteiger partial charge in [-0.25, -0.2) is 4.79 Å². The Hall–Kier alpha value is -4.73. The molecule has 18 nitrogen and oxygen atoms in total. The molecule has 10 atom stereocenters. The molecule has 65 heavy (non-hydrogen) atoms. The normalized spacial score (nSPS) is 18.0.